The van der Waals surface area contributed by atoms with E-state index in [1.165, 1.54) is 11.1 Å². The molecule has 114 valence electrons. The van der Waals surface area contributed by atoms with E-state index in [9.17, 15) is 4.79 Å². The van der Waals surface area contributed by atoms with Crippen LogP contribution in [-0.2, 0) is 4.79 Å². The second-order valence-corrected chi connectivity index (χ2v) is 7.71. The van der Waals surface area contributed by atoms with E-state index in [2.05, 4.69) is 42.0 Å². The quantitative estimate of drug-likeness (QED) is 0.731. The van der Waals surface area contributed by atoms with E-state index in [0.717, 1.165) is 25.2 Å². The van der Waals surface area contributed by atoms with Crippen LogP contribution < -0.4 is 4.90 Å². The molecule has 0 radical (unpaired) electrons. The Morgan fingerprint density at radius 1 is 1.29 bits per heavy atom. The molecule has 2 atom stereocenters. The van der Waals surface area contributed by atoms with Gasteiger partial charge in [-0.25, -0.2) is 0 Å². The SMILES string of the molecule is Cc1ccc2c(c1)[C@H]1CN(C)CC[C@@H]1N2C(=O)C(C)(C)C. The lowest BCUT2D eigenvalue weighted by molar-refractivity contribution is -0.126. The Labute approximate surface area is 127 Å². The van der Waals surface area contributed by atoms with Gasteiger partial charge in [0.15, 0.2) is 0 Å². The highest BCUT2D eigenvalue weighted by molar-refractivity contribution is 6.00. The van der Waals surface area contributed by atoms with Crippen LogP contribution in [0.1, 0.15) is 44.2 Å². The summed E-state index contributed by atoms with van der Waals surface area (Å²) >= 11 is 0. The summed E-state index contributed by atoms with van der Waals surface area (Å²) in [6.45, 7) is 10.3. The number of piperidine rings is 1. The number of carbonyl (C=O) groups is 1. The molecule has 1 aromatic rings. The van der Waals surface area contributed by atoms with Crippen LogP contribution >= 0.6 is 0 Å². The number of rotatable bonds is 0. The average Bonchev–Trinajstić information content (AvgIpc) is 2.70. The molecule has 0 N–H and O–H groups in total. The summed E-state index contributed by atoms with van der Waals surface area (Å²) < 4.78 is 0. The standard InChI is InChI=1S/C18H26N2O/c1-12-6-7-15-13(10-12)14-11-19(5)9-8-16(14)20(15)17(21)18(2,3)4/h6-7,10,14,16H,8-9,11H2,1-5H3/t14-,16+/m1/s1. The van der Waals surface area contributed by atoms with Crippen LogP contribution in [0.15, 0.2) is 18.2 Å². The van der Waals surface area contributed by atoms with Gasteiger partial charge < -0.3 is 9.80 Å². The summed E-state index contributed by atoms with van der Waals surface area (Å²) in [5, 5.41) is 0. The molecule has 0 bridgehead atoms. The van der Waals surface area contributed by atoms with Gasteiger partial charge in [0, 0.05) is 29.6 Å². The average molecular weight is 286 g/mol. The number of hydrogen-bond donors (Lipinski definition) is 0. The Kier molecular flexibility index (Phi) is 3.36. The van der Waals surface area contributed by atoms with Crippen LogP contribution in [0.3, 0.4) is 0 Å². The Morgan fingerprint density at radius 3 is 2.67 bits per heavy atom. The van der Waals surface area contributed by atoms with E-state index in [1.54, 1.807) is 0 Å². The van der Waals surface area contributed by atoms with E-state index in [1.807, 2.05) is 20.8 Å². The van der Waals surface area contributed by atoms with Crippen molar-refractivity contribution in [3.8, 4) is 0 Å². The number of likely N-dealkylation sites (tertiary alicyclic amines) is 1. The van der Waals surface area contributed by atoms with Crippen LogP contribution in [0.2, 0.25) is 0 Å². The Morgan fingerprint density at radius 2 is 2.00 bits per heavy atom. The monoisotopic (exact) mass is 286 g/mol. The smallest absolute Gasteiger partial charge is 0.232 e. The first-order valence-electron chi connectivity index (χ1n) is 7.92. The second kappa shape index (κ2) is 4.84. The third-order valence-electron chi connectivity index (χ3n) is 4.81. The topological polar surface area (TPSA) is 23.6 Å². The van der Waals surface area contributed by atoms with Crippen LogP contribution in [0.5, 0.6) is 0 Å². The largest absolute Gasteiger partial charge is 0.308 e. The van der Waals surface area contributed by atoms with E-state index in [-0.39, 0.29) is 11.3 Å². The van der Waals surface area contributed by atoms with Crippen LogP contribution in [-0.4, -0.2) is 37.0 Å². The van der Waals surface area contributed by atoms with Gasteiger partial charge >= 0.3 is 0 Å². The van der Waals surface area contributed by atoms with Crippen molar-refractivity contribution in [1.29, 1.82) is 0 Å². The molecule has 2 aliphatic rings. The molecule has 0 spiro atoms. The maximum absolute atomic E-state index is 13.0. The number of hydrogen-bond acceptors (Lipinski definition) is 2. The van der Waals surface area contributed by atoms with Crippen molar-refractivity contribution in [2.24, 2.45) is 5.41 Å². The van der Waals surface area contributed by atoms with Gasteiger partial charge in [-0.05, 0) is 38.6 Å². The Bertz CT molecular complexity index is 573. The normalized spacial score (nSPS) is 25.7. The second-order valence-electron chi connectivity index (χ2n) is 7.71. The molecule has 1 fully saturated rings. The van der Waals surface area contributed by atoms with E-state index in [4.69, 9.17) is 0 Å². The van der Waals surface area contributed by atoms with Gasteiger partial charge in [0.05, 0.1) is 0 Å². The minimum atomic E-state index is -0.333. The predicted octanol–water partition coefficient (Wildman–Crippen LogP) is 3.18. The zero-order chi connectivity index (χ0) is 15.4. The first kappa shape index (κ1) is 14.6. The molecule has 0 aliphatic carbocycles. The summed E-state index contributed by atoms with van der Waals surface area (Å²) in [6, 6.07) is 6.89. The van der Waals surface area contributed by atoms with Crippen molar-refractivity contribution in [2.45, 2.75) is 46.1 Å². The summed E-state index contributed by atoms with van der Waals surface area (Å²) in [5.41, 5.74) is 3.46. The van der Waals surface area contributed by atoms with Crippen LogP contribution in [0, 0.1) is 12.3 Å². The summed E-state index contributed by atoms with van der Waals surface area (Å²) in [6.07, 6.45) is 1.07. The summed E-state index contributed by atoms with van der Waals surface area (Å²) in [7, 11) is 2.18. The van der Waals surface area contributed by atoms with Crippen molar-refractivity contribution in [1.82, 2.24) is 4.90 Å². The minimum absolute atomic E-state index is 0.254. The third kappa shape index (κ3) is 2.38. The highest BCUT2D eigenvalue weighted by atomic mass is 16.2. The summed E-state index contributed by atoms with van der Waals surface area (Å²) in [5.74, 6) is 0.717. The molecule has 1 saturated heterocycles. The molecule has 1 amide bonds. The van der Waals surface area contributed by atoms with Gasteiger partial charge in [-0.1, -0.05) is 38.5 Å². The molecule has 0 aromatic heterocycles. The van der Waals surface area contributed by atoms with Crippen molar-refractivity contribution < 1.29 is 4.79 Å². The van der Waals surface area contributed by atoms with Gasteiger partial charge in [0.1, 0.15) is 0 Å². The molecule has 3 nitrogen and oxygen atoms in total. The number of benzene rings is 1. The minimum Gasteiger partial charge on any atom is -0.308 e. The fraction of sp³-hybridized carbons (Fsp3) is 0.611. The molecule has 2 aliphatic heterocycles. The molecule has 0 saturated carbocycles. The van der Waals surface area contributed by atoms with Gasteiger partial charge in [-0.3, -0.25) is 4.79 Å². The molecule has 3 heteroatoms. The molecule has 3 rings (SSSR count). The summed E-state index contributed by atoms with van der Waals surface area (Å²) in [4.78, 5) is 17.5. The number of amides is 1. The van der Waals surface area contributed by atoms with Gasteiger partial charge in [-0.2, -0.15) is 0 Å². The molecular formula is C18H26N2O. The molecule has 0 unspecified atom stereocenters. The van der Waals surface area contributed by atoms with Crippen molar-refractivity contribution in [3.05, 3.63) is 29.3 Å². The van der Waals surface area contributed by atoms with E-state index in [0.29, 0.717) is 12.0 Å². The fourth-order valence-corrected chi connectivity index (χ4v) is 3.71. The predicted molar refractivity (Wildman–Crippen MR) is 86.8 cm³/mol. The molecule has 2 heterocycles. The van der Waals surface area contributed by atoms with E-state index < -0.39 is 0 Å². The lowest BCUT2D eigenvalue weighted by Gasteiger charge is -2.38. The number of carbonyl (C=O) groups excluding carboxylic acids is 1. The maximum atomic E-state index is 13.0. The molecule has 1 aromatic carbocycles. The van der Waals surface area contributed by atoms with Crippen molar-refractivity contribution in [3.63, 3.8) is 0 Å². The third-order valence-corrected chi connectivity index (χ3v) is 4.81. The van der Waals surface area contributed by atoms with Crippen molar-refractivity contribution in [2.75, 3.05) is 25.0 Å². The van der Waals surface area contributed by atoms with Crippen molar-refractivity contribution >= 4 is 11.6 Å². The zero-order valence-electron chi connectivity index (χ0n) is 13.8. The highest BCUT2D eigenvalue weighted by Gasteiger charge is 2.45. The number of likely N-dealkylation sites (N-methyl/N-ethyl adjacent to an activating group) is 1. The maximum Gasteiger partial charge on any atom is 0.232 e. The molecular weight excluding hydrogens is 260 g/mol. The number of fused-ring (bicyclic) bond motifs is 3. The van der Waals surface area contributed by atoms with Gasteiger partial charge in [-0.15, -0.1) is 0 Å². The van der Waals surface area contributed by atoms with Crippen LogP contribution in [0.4, 0.5) is 5.69 Å². The number of aryl methyl sites for hydroxylation is 1. The van der Waals surface area contributed by atoms with Gasteiger partial charge in [0.25, 0.3) is 0 Å². The van der Waals surface area contributed by atoms with Gasteiger partial charge in [0.2, 0.25) is 5.91 Å². The highest BCUT2D eigenvalue weighted by Crippen LogP contribution is 2.46. The fourth-order valence-electron chi connectivity index (χ4n) is 3.71. The van der Waals surface area contributed by atoms with Crippen LogP contribution in [0.25, 0.3) is 0 Å². The number of nitrogens with zero attached hydrogens (tertiary/aromatic N) is 2. The first-order valence-corrected chi connectivity index (χ1v) is 7.92. The first-order chi connectivity index (χ1) is 9.79. The molecule has 21 heavy (non-hydrogen) atoms. The lowest BCUT2D eigenvalue weighted by Crippen LogP contribution is -2.50. The number of anilines is 1. The zero-order valence-corrected chi connectivity index (χ0v) is 13.8. The lowest BCUT2D eigenvalue weighted by atomic mass is 9.88. The Hall–Kier alpha value is -1.35. The van der Waals surface area contributed by atoms with E-state index >= 15 is 0 Å². The Balaban J connectivity index is 2.07.